The first kappa shape index (κ1) is 11.4. The molecule has 1 saturated heterocycles. The van der Waals surface area contributed by atoms with E-state index < -0.39 is 0 Å². The third-order valence-electron chi connectivity index (χ3n) is 3.16. The number of carbonyl (C=O) groups excluding carboxylic acids is 2. The van der Waals surface area contributed by atoms with Gasteiger partial charge in [0.25, 0.3) is 0 Å². The van der Waals surface area contributed by atoms with Crippen LogP contribution in [-0.4, -0.2) is 48.4 Å². The van der Waals surface area contributed by atoms with Gasteiger partial charge < -0.3 is 15.5 Å². The van der Waals surface area contributed by atoms with Crippen molar-refractivity contribution in [3.8, 4) is 0 Å². The first-order valence-corrected chi connectivity index (χ1v) is 6.03. The Morgan fingerprint density at radius 1 is 1.56 bits per heavy atom. The lowest BCUT2D eigenvalue weighted by atomic mass is 10.1. The minimum Gasteiger partial charge on any atom is -0.353 e. The van der Waals surface area contributed by atoms with Crippen LogP contribution in [0.15, 0.2) is 0 Å². The second-order valence-corrected chi connectivity index (χ2v) is 4.46. The third-order valence-corrected chi connectivity index (χ3v) is 3.16. The molecule has 1 unspecified atom stereocenters. The zero-order valence-electron chi connectivity index (χ0n) is 9.66. The number of rotatable bonds is 4. The van der Waals surface area contributed by atoms with Gasteiger partial charge in [0.1, 0.15) is 6.04 Å². The first-order valence-electron chi connectivity index (χ1n) is 6.03. The van der Waals surface area contributed by atoms with Crippen LogP contribution in [0.5, 0.6) is 0 Å². The van der Waals surface area contributed by atoms with Gasteiger partial charge >= 0.3 is 0 Å². The molecule has 1 aliphatic carbocycles. The summed E-state index contributed by atoms with van der Waals surface area (Å²) >= 11 is 0. The smallest absolute Gasteiger partial charge is 0.242 e. The van der Waals surface area contributed by atoms with E-state index in [0.29, 0.717) is 32.1 Å². The van der Waals surface area contributed by atoms with Crippen molar-refractivity contribution >= 4 is 11.8 Å². The molecule has 0 bridgehead atoms. The highest BCUT2D eigenvalue weighted by molar-refractivity contribution is 5.89. The van der Waals surface area contributed by atoms with Gasteiger partial charge in [-0.25, -0.2) is 0 Å². The molecule has 5 heteroatoms. The summed E-state index contributed by atoms with van der Waals surface area (Å²) in [7, 11) is 0. The zero-order chi connectivity index (χ0) is 11.5. The van der Waals surface area contributed by atoms with Gasteiger partial charge in [0.2, 0.25) is 11.8 Å². The minimum atomic E-state index is -0.276. The maximum Gasteiger partial charge on any atom is 0.242 e. The summed E-state index contributed by atoms with van der Waals surface area (Å²) in [4.78, 5) is 25.2. The fourth-order valence-electron chi connectivity index (χ4n) is 2.04. The van der Waals surface area contributed by atoms with Crippen molar-refractivity contribution in [2.45, 2.75) is 38.3 Å². The van der Waals surface area contributed by atoms with E-state index in [1.54, 1.807) is 4.90 Å². The molecule has 0 radical (unpaired) electrons. The molecule has 0 aromatic rings. The first-order chi connectivity index (χ1) is 7.72. The average Bonchev–Trinajstić information content (AvgIpc) is 3.09. The highest BCUT2D eigenvalue weighted by Gasteiger charge is 2.32. The second kappa shape index (κ2) is 4.82. The Kier molecular flexibility index (Phi) is 3.43. The molecule has 2 aliphatic rings. The van der Waals surface area contributed by atoms with Crippen LogP contribution in [0.4, 0.5) is 0 Å². The van der Waals surface area contributed by atoms with Crippen LogP contribution in [0.1, 0.15) is 26.2 Å². The molecule has 0 spiro atoms. The normalized spacial score (nSPS) is 25.4. The Labute approximate surface area is 95.6 Å². The number of nitrogens with one attached hydrogen (secondary N) is 2. The van der Waals surface area contributed by atoms with Crippen LogP contribution >= 0.6 is 0 Å². The van der Waals surface area contributed by atoms with Crippen molar-refractivity contribution in [1.29, 1.82) is 0 Å². The van der Waals surface area contributed by atoms with Gasteiger partial charge in [0.05, 0.1) is 6.54 Å². The van der Waals surface area contributed by atoms with E-state index in [9.17, 15) is 9.59 Å². The van der Waals surface area contributed by atoms with E-state index in [1.165, 1.54) is 12.8 Å². The number of hydrogen-bond donors (Lipinski definition) is 2. The summed E-state index contributed by atoms with van der Waals surface area (Å²) in [6.45, 7) is 3.51. The van der Waals surface area contributed by atoms with Crippen molar-refractivity contribution in [1.82, 2.24) is 15.5 Å². The molecule has 2 rings (SSSR count). The van der Waals surface area contributed by atoms with Crippen molar-refractivity contribution in [2.24, 2.45) is 0 Å². The largest absolute Gasteiger partial charge is 0.353 e. The predicted molar refractivity (Wildman–Crippen MR) is 59.8 cm³/mol. The van der Waals surface area contributed by atoms with Crippen LogP contribution in [0.3, 0.4) is 0 Å². The predicted octanol–water partition coefficient (Wildman–Crippen LogP) is -0.525. The van der Waals surface area contributed by atoms with Gasteiger partial charge in [-0.2, -0.15) is 0 Å². The quantitative estimate of drug-likeness (QED) is 0.676. The number of nitrogens with zero attached hydrogens (tertiary/aromatic N) is 1. The number of amides is 2. The molecule has 2 fully saturated rings. The van der Waals surface area contributed by atoms with Gasteiger partial charge in [-0.3, -0.25) is 9.59 Å². The fourth-order valence-corrected chi connectivity index (χ4v) is 2.04. The maximum absolute atomic E-state index is 11.9. The van der Waals surface area contributed by atoms with E-state index in [0.717, 1.165) is 0 Å². The Balaban J connectivity index is 1.88. The Morgan fingerprint density at radius 2 is 2.31 bits per heavy atom. The Hall–Kier alpha value is -1.10. The molecule has 2 N–H and O–H groups in total. The van der Waals surface area contributed by atoms with Gasteiger partial charge in [-0.05, 0) is 19.3 Å². The lowest BCUT2D eigenvalue weighted by Gasteiger charge is -2.34. The van der Waals surface area contributed by atoms with E-state index >= 15 is 0 Å². The summed E-state index contributed by atoms with van der Waals surface area (Å²) < 4.78 is 0. The summed E-state index contributed by atoms with van der Waals surface area (Å²) in [5, 5.41) is 5.98. The van der Waals surface area contributed by atoms with Gasteiger partial charge in [0.15, 0.2) is 0 Å². The lowest BCUT2D eigenvalue weighted by molar-refractivity contribution is -0.142. The van der Waals surface area contributed by atoms with E-state index in [2.05, 4.69) is 10.6 Å². The van der Waals surface area contributed by atoms with Crippen LogP contribution < -0.4 is 10.6 Å². The molecule has 1 aliphatic heterocycles. The second-order valence-electron chi connectivity index (χ2n) is 4.46. The summed E-state index contributed by atoms with van der Waals surface area (Å²) in [5.41, 5.74) is 0. The molecule has 2 amide bonds. The Morgan fingerprint density at radius 3 is 2.94 bits per heavy atom. The van der Waals surface area contributed by atoms with Crippen LogP contribution in [0.25, 0.3) is 0 Å². The van der Waals surface area contributed by atoms with E-state index in [1.807, 2.05) is 6.92 Å². The number of hydrogen-bond acceptors (Lipinski definition) is 3. The topological polar surface area (TPSA) is 61.4 Å². The maximum atomic E-state index is 11.9. The molecule has 1 heterocycles. The molecular formula is C11H19N3O2. The summed E-state index contributed by atoms with van der Waals surface area (Å²) in [5.74, 6) is 0.0297. The zero-order valence-corrected chi connectivity index (χ0v) is 9.66. The average molecular weight is 225 g/mol. The summed E-state index contributed by atoms with van der Waals surface area (Å²) in [6, 6.07) is 0.255. The molecular weight excluding hydrogens is 206 g/mol. The number of carbonyl (C=O) groups is 2. The summed E-state index contributed by atoms with van der Waals surface area (Å²) in [6.07, 6.45) is 3.02. The monoisotopic (exact) mass is 225 g/mol. The standard InChI is InChI=1S/C11H19N3O2/c1-2-9-11(16)12-5-6-14(9)10(15)7-13-8-3-4-8/h8-9,13H,2-7H2,1H3,(H,12,16). The van der Waals surface area contributed by atoms with Crippen molar-refractivity contribution in [3.63, 3.8) is 0 Å². The highest BCUT2D eigenvalue weighted by Crippen LogP contribution is 2.18. The van der Waals surface area contributed by atoms with Crippen molar-refractivity contribution in [2.75, 3.05) is 19.6 Å². The fraction of sp³-hybridized carbons (Fsp3) is 0.818. The molecule has 16 heavy (non-hydrogen) atoms. The molecule has 5 nitrogen and oxygen atoms in total. The van der Waals surface area contributed by atoms with Crippen LogP contribution in [0, 0.1) is 0 Å². The Bertz CT molecular complexity index is 289. The molecule has 0 aromatic carbocycles. The molecule has 1 saturated carbocycles. The third kappa shape index (κ3) is 2.52. The van der Waals surface area contributed by atoms with Crippen LogP contribution in [0.2, 0.25) is 0 Å². The van der Waals surface area contributed by atoms with Gasteiger partial charge in [-0.1, -0.05) is 6.92 Å². The van der Waals surface area contributed by atoms with E-state index in [-0.39, 0.29) is 17.9 Å². The number of piperazine rings is 1. The molecule has 90 valence electrons. The minimum absolute atomic E-state index is 0.0199. The van der Waals surface area contributed by atoms with E-state index in [4.69, 9.17) is 0 Å². The van der Waals surface area contributed by atoms with Crippen molar-refractivity contribution in [3.05, 3.63) is 0 Å². The van der Waals surface area contributed by atoms with Gasteiger partial charge in [-0.15, -0.1) is 0 Å². The van der Waals surface area contributed by atoms with Gasteiger partial charge in [0, 0.05) is 19.1 Å². The lowest BCUT2D eigenvalue weighted by Crippen LogP contribution is -2.58. The highest BCUT2D eigenvalue weighted by atomic mass is 16.2. The van der Waals surface area contributed by atoms with Crippen molar-refractivity contribution < 1.29 is 9.59 Å². The molecule has 0 aromatic heterocycles. The SMILES string of the molecule is CCC1C(=O)NCCN1C(=O)CNC1CC1. The molecule has 1 atom stereocenters. The van der Waals surface area contributed by atoms with Crippen LogP contribution in [-0.2, 0) is 9.59 Å².